The Morgan fingerprint density at radius 3 is 2.73 bits per heavy atom. The highest BCUT2D eigenvalue weighted by Gasteiger charge is 2.15. The molecule has 1 aliphatic rings. The molecule has 1 heterocycles. The summed E-state index contributed by atoms with van der Waals surface area (Å²) in [6.07, 6.45) is 3.21. The zero-order chi connectivity index (χ0) is 11.3. The molecule has 0 aromatic carbocycles. The van der Waals surface area contributed by atoms with E-state index in [0.717, 1.165) is 19.4 Å². The summed E-state index contributed by atoms with van der Waals surface area (Å²) in [7, 11) is -3.30. The molecule has 0 spiro atoms. The molecule has 1 fully saturated rings. The molecule has 0 unspecified atom stereocenters. The van der Waals surface area contributed by atoms with Gasteiger partial charge in [-0.3, -0.25) is 0 Å². The molecular weight excluding hydrogens is 214 g/mol. The van der Waals surface area contributed by atoms with E-state index in [0.29, 0.717) is 12.6 Å². The summed E-state index contributed by atoms with van der Waals surface area (Å²) in [5, 5.41) is 3.33. The van der Waals surface area contributed by atoms with Crippen molar-refractivity contribution in [2.24, 2.45) is 0 Å². The third kappa shape index (κ3) is 5.46. The molecule has 0 aliphatic carbocycles. The van der Waals surface area contributed by atoms with Gasteiger partial charge in [0, 0.05) is 18.6 Å². The first kappa shape index (κ1) is 12.9. The zero-order valence-corrected chi connectivity index (χ0v) is 10.2. The fourth-order valence-electron chi connectivity index (χ4n) is 1.72. The van der Waals surface area contributed by atoms with Crippen LogP contribution in [-0.2, 0) is 10.2 Å². The van der Waals surface area contributed by atoms with Crippen molar-refractivity contribution < 1.29 is 8.42 Å². The molecule has 1 aliphatic heterocycles. The molecule has 6 heteroatoms. The van der Waals surface area contributed by atoms with Crippen LogP contribution in [0.2, 0.25) is 0 Å². The summed E-state index contributed by atoms with van der Waals surface area (Å²) in [4.78, 5) is 0. The quantitative estimate of drug-likeness (QED) is 0.605. The lowest BCUT2D eigenvalue weighted by Gasteiger charge is -2.13. The van der Waals surface area contributed by atoms with Crippen LogP contribution in [0.5, 0.6) is 0 Å². The molecule has 0 bridgehead atoms. The maximum absolute atomic E-state index is 11.4. The van der Waals surface area contributed by atoms with Crippen molar-refractivity contribution in [2.75, 3.05) is 13.1 Å². The topological polar surface area (TPSA) is 70.2 Å². The van der Waals surface area contributed by atoms with Crippen LogP contribution in [0.15, 0.2) is 0 Å². The van der Waals surface area contributed by atoms with Gasteiger partial charge >= 0.3 is 0 Å². The average molecular weight is 235 g/mol. The summed E-state index contributed by atoms with van der Waals surface area (Å²) in [6, 6.07) is 0.416. The van der Waals surface area contributed by atoms with Crippen LogP contribution in [0.25, 0.3) is 0 Å². The van der Waals surface area contributed by atoms with Gasteiger partial charge in [-0.25, -0.2) is 4.72 Å². The van der Waals surface area contributed by atoms with E-state index in [2.05, 4.69) is 14.8 Å². The Bertz CT molecular complexity index is 271. The van der Waals surface area contributed by atoms with Crippen molar-refractivity contribution in [2.45, 2.75) is 45.2 Å². The molecule has 0 aromatic heterocycles. The lowest BCUT2D eigenvalue weighted by Crippen LogP contribution is -2.41. The SMILES string of the molecule is CC(C)NS(=O)(=O)NCC[C@@H]1CCCN1. The first-order valence-electron chi connectivity index (χ1n) is 5.50. The smallest absolute Gasteiger partial charge is 0.277 e. The summed E-state index contributed by atoms with van der Waals surface area (Å²) in [5.74, 6) is 0. The van der Waals surface area contributed by atoms with Crippen molar-refractivity contribution in [3.05, 3.63) is 0 Å². The Morgan fingerprint density at radius 1 is 1.47 bits per heavy atom. The van der Waals surface area contributed by atoms with E-state index in [1.54, 1.807) is 13.8 Å². The highest BCUT2D eigenvalue weighted by atomic mass is 32.2. The van der Waals surface area contributed by atoms with Crippen molar-refractivity contribution >= 4 is 10.2 Å². The lowest BCUT2D eigenvalue weighted by molar-refractivity contribution is 0.528. The molecular formula is C9H21N3O2S. The fraction of sp³-hybridized carbons (Fsp3) is 1.00. The zero-order valence-electron chi connectivity index (χ0n) is 9.41. The second kappa shape index (κ2) is 5.79. The third-order valence-electron chi connectivity index (χ3n) is 2.34. The minimum atomic E-state index is -3.30. The normalized spacial score (nSPS) is 22.5. The molecule has 1 atom stereocenters. The van der Waals surface area contributed by atoms with Gasteiger partial charge in [0.1, 0.15) is 0 Å². The van der Waals surface area contributed by atoms with E-state index >= 15 is 0 Å². The summed E-state index contributed by atoms with van der Waals surface area (Å²) < 4.78 is 27.8. The molecule has 1 saturated heterocycles. The maximum atomic E-state index is 11.4. The standard InChI is InChI=1S/C9H21N3O2S/c1-8(2)12-15(13,14)11-7-5-9-4-3-6-10-9/h8-12H,3-7H2,1-2H3/t9-/m0/s1. The van der Waals surface area contributed by atoms with E-state index in [-0.39, 0.29) is 6.04 Å². The van der Waals surface area contributed by atoms with Crippen molar-refractivity contribution in [3.63, 3.8) is 0 Å². The van der Waals surface area contributed by atoms with Gasteiger partial charge in [0.15, 0.2) is 0 Å². The molecule has 0 radical (unpaired) electrons. The van der Waals surface area contributed by atoms with Gasteiger partial charge in [-0.1, -0.05) is 0 Å². The van der Waals surface area contributed by atoms with Crippen LogP contribution in [-0.4, -0.2) is 33.6 Å². The molecule has 0 amide bonds. The molecule has 3 N–H and O–H groups in total. The summed E-state index contributed by atoms with van der Waals surface area (Å²) in [6.45, 7) is 5.16. The highest BCUT2D eigenvalue weighted by Crippen LogP contribution is 2.07. The second-order valence-corrected chi connectivity index (χ2v) is 5.78. The van der Waals surface area contributed by atoms with Crippen molar-refractivity contribution in [1.82, 2.24) is 14.8 Å². The van der Waals surface area contributed by atoms with Gasteiger partial charge < -0.3 is 5.32 Å². The molecule has 90 valence electrons. The van der Waals surface area contributed by atoms with E-state index in [1.807, 2.05) is 0 Å². The maximum Gasteiger partial charge on any atom is 0.277 e. The molecule has 0 saturated carbocycles. The van der Waals surface area contributed by atoms with Crippen LogP contribution >= 0.6 is 0 Å². The van der Waals surface area contributed by atoms with E-state index in [1.165, 1.54) is 6.42 Å². The van der Waals surface area contributed by atoms with Crippen LogP contribution < -0.4 is 14.8 Å². The molecule has 1 rings (SSSR count). The Morgan fingerprint density at radius 2 is 2.20 bits per heavy atom. The minimum absolute atomic E-state index is 0.0629. The van der Waals surface area contributed by atoms with Gasteiger partial charge in [0.25, 0.3) is 10.2 Å². The molecule has 5 nitrogen and oxygen atoms in total. The first-order valence-corrected chi connectivity index (χ1v) is 6.98. The monoisotopic (exact) mass is 235 g/mol. The van der Waals surface area contributed by atoms with E-state index < -0.39 is 10.2 Å². The van der Waals surface area contributed by atoms with E-state index in [4.69, 9.17) is 0 Å². The number of rotatable bonds is 6. The lowest BCUT2D eigenvalue weighted by atomic mass is 10.2. The van der Waals surface area contributed by atoms with Crippen LogP contribution in [0.4, 0.5) is 0 Å². The Hall–Kier alpha value is -0.170. The average Bonchev–Trinajstić information content (AvgIpc) is 2.53. The predicted molar refractivity (Wildman–Crippen MR) is 60.8 cm³/mol. The largest absolute Gasteiger partial charge is 0.314 e. The van der Waals surface area contributed by atoms with Crippen molar-refractivity contribution in [1.29, 1.82) is 0 Å². The Labute approximate surface area is 92.2 Å². The van der Waals surface area contributed by atoms with Gasteiger partial charge in [0.2, 0.25) is 0 Å². The fourth-order valence-corrected chi connectivity index (χ4v) is 2.81. The van der Waals surface area contributed by atoms with Gasteiger partial charge in [-0.15, -0.1) is 0 Å². The van der Waals surface area contributed by atoms with Gasteiger partial charge in [-0.05, 0) is 39.7 Å². The molecule has 15 heavy (non-hydrogen) atoms. The second-order valence-electron chi connectivity index (χ2n) is 4.25. The number of hydrogen-bond acceptors (Lipinski definition) is 3. The van der Waals surface area contributed by atoms with Crippen LogP contribution in [0, 0.1) is 0 Å². The van der Waals surface area contributed by atoms with Gasteiger partial charge in [0.05, 0.1) is 0 Å². The number of hydrogen-bond donors (Lipinski definition) is 3. The first-order chi connectivity index (χ1) is 6.99. The third-order valence-corrected chi connectivity index (χ3v) is 3.70. The minimum Gasteiger partial charge on any atom is -0.314 e. The van der Waals surface area contributed by atoms with Crippen LogP contribution in [0.3, 0.4) is 0 Å². The number of nitrogens with one attached hydrogen (secondary N) is 3. The van der Waals surface area contributed by atoms with Crippen molar-refractivity contribution in [3.8, 4) is 0 Å². The predicted octanol–water partition coefficient (Wildman–Crippen LogP) is -0.0391. The van der Waals surface area contributed by atoms with Gasteiger partial charge in [-0.2, -0.15) is 13.1 Å². The highest BCUT2D eigenvalue weighted by molar-refractivity contribution is 7.87. The Kier molecular flexibility index (Phi) is 4.98. The molecule has 0 aromatic rings. The van der Waals surface area contributed by atoms with Crippen LogP contribution in [0.1, 0.15) is 33.1 Å². The summed E-state index contributed by atoms with van der Waals surface area (Å²) >= 11 is 0. The van der Waals surface area contributed by atoms with E-state index in [9.17, 15) is 8.42 Å². The Balaban J connectivity index is 2.18. The summed E-state index contributed by atoms with van der Waals surface area (Å²) in [5.41, 5.74) is 0.